The Morgan fingerprint density at radius 2 is 2.15 bits per heavy atom. The lowest BCUT2D eigenvalue weighted by atomic mass is 10.1. The van der Waals surface area contributed by atoms with Gasteiger partial charge < -0.3 is 10.1 Å². The van der Waals surface area contributed by atoms with Crippen molar-refractivity contribution in [2.24, 2.45) is 0 Å². The van der Waals surface area contributed by atoms with Gasteiger partial charge in [-0.3, -0.25) is 9.88 Å². The van der Waals surface area contributed by atoms with E-state index in [-0.39, 0.29) is 12.2 Å². The summed E-state index contributed by atoms with van der Waals surface area (Å²) in [6.45, 7) is 2.37. The van der Waals surface area contributed by atoms with Crippen LogP contribution in [0.1, 0.15) is 31.2 Å². The van der Waals surface area contributed by atoms with Crippen LogP contribution in [0.4, 0.5) is 4.79 Å². The van der Waals surface area contributed by atoms with Gasteiger partial charge in [0.15, 0.2) is 0 Å². The first kappa shape index (κ1) is 17.7. The molecule has 1 aromatic carbocycles. The highest BCUT2D eigenvalue weighted by atomic mass is 16.6. The van der Waals surface area contributed by atoms with Crippen molar-refractivity contribution in [3.63, 3.8) is 0 Å². The predicted molar refractivity (Wildman–Crippen MR) is 106 cm³/mol. The van der Waals surface area contributed by atoms with Crippen LogP contribution < -0.4 is 5.32 Å². The second-order valence-electron chi connectivity index (χ2n) is 7.03. The maximum absolute atomic E-state index is 12.1. The zero-order chi connectivity index (χ0) is 18.5. The fraction of sp³-hybridized carbons (Fsp3) is 0.364. The number of cyclic esters (lactones) is 1. The zero-order valence-electron chi connectivity index (χ0n) is 15.4. The fourth-order valence-electron chi connectivity index (χ4n) is 3.67. The van der Waals surface area contributed by atoms with Crippen molar-refractivity contribution < 1.29 is 9.53 Å². The molecule has 5 nitrogen and oxygen atoms in total. The highest BCUT2D eigenvalue weighted by molar-refractivity contribution is 5.81. The van der Waals surface area contributed by atoms with Gasteiger partial charge in [0.25, 0.3) is 0 Å². The molecule has 2 aliphatic rings. The second-order valence-corrected chi connectivity index (χ2v) is 7.03. The van der Waals surface area contributed by atoms with Gasteiger partial charge in [0.2, 0.25) is 0 Å². The van der Waals surface area contributed by atoms with Crippen molar-refractivity contribution in [2.75, 3.05) is 13.1 Å². The molecule has 4 rings (SSSR count). The van der Waals surface area contributed by atoms with Gasteiger partial charge in [-0.25, -0.2) is 4.79 Å². The first-order chi connectivity index (χ1) is 13.3. The number of ether oxygens (including phenoxy) is 1. The molecule has 2 aromatic rings. The number of allylic oxidation sites excluding steroid dienone is 3. The second kappa shape index (κ2) is 8.35. The standard InChI is InChI=1S/C22H25N3O2/c26-22-25(18-7-2-1-3-8-18)16-19(27-22)9-6-13-23-15-17-12-14-24-21-11-5-4-10-20(17)21/h2,4-5,7-8,10-12,14,19,23H,1,3,6,9,13,15-16H2. The minimum absolute atomic E-state index is 0.0164. The Labute approximate surface area is 159 Å². The summed E-state index contributed by atoms with van der Waals surface area (Å²) >= 11 is 0. The summed E-state index contributed by atoms with van der Waals surface area (Å²) in [6, 6.07) is 10.3. The van der Waals surface area contributed by atoms with Crippen molar-refractivity contribution in [1.82, 2.24) is 15.2 Å². The lowest BCUT2D eigenvalue weighted by Crippen LogP contribution is -2.24. The quantitative estimate of drug-likeness (QED) is 0.751. The molecule has 1 fully saturated rings. The molecule has 0 bridgehead atoms. The van der Waals surface area contributed by atoms with E-state index in [1.807, 2.05) is 30.5 Å². The topological polar surface area (TPSA) is 54.5 Å². The minimum Gasteiger partial charge on any atom is -0.444 e. The van der Waals surface area contributed by atoms with Crippen LogP contribution in [0.5, 0.6) is 0 Å². The monoisotopic (exact) mass is 363 g/mol. The molecule has 1 atom stereocenters. The minimum atomic E-state index is -0.214. The average Bonchev–Trinajstić information content (AvgIpc) is 3.09. The van der Waals surface area contributed by atoms with Gasteiger partial charge in [-0.05, 0) is 56.0 Å². The van der Waals surface area contributed by atoms with Crippen molar-refractivity contribution in [3.05, 3.63) is 66.0 Å². The molecule has 140 valence electrons. The highest BCUT2D eigenvalue weighted by Crippen LogP contribution is 2.23. The Bertz CT molecular complexity index is 869. The van der Waals surface area contributed by atoms with Crippen LogP contribution in [0.25, 0.3) is 10.9 Å². The Kier molecular flexibility index (Phi) is 5.49. The number of benzene rings is 1. The number of hydrogen-bond acceptors (Lipinski definition) is 4. The number of hydrogen-bond donors (Lipinski definition) is 1. The summed E-state index contributed by atoms with van der Waals surface area (Å²) in [6.07, 6.45) is 11.8. The van der Waals surface area contributed by atoms with Gasteiger partial charge in [0, 0.05) is 23.8 Å². The molecule has 5 heteroatoms. The Morgan fingerprint density at radius 1 is 1.22 bits per heavy atom. The molecule has 0 radical (unpaired) electrons. The van der Waals surface area contributed by atoms with E-state index in [0.717, 1.165) is 50.0 Å². The van der Waals surface area contributed by atoms with Gasteiger partial charge in [0.1, 0.15) is 6.10 Å². The molecule has 2 heterocycles. The van der Waals surface area contributed by atoms with Crippen LogP contribution >= 0.6 is 0 Å². The molecule has 0 spiro atoms. The van der Waals surface area contributed by atoms with E-state index in [9.17, 15) is 4.79 Å². The predicted octanol–water partition coefficient (Wildman–Crippen LogP) is 4.16. The Hall–Kier alpha value is -2.66. The third kappa shape index (κ3) is 4.19. The number of pyridine rings is 1. The molecule has 1 N–H and O–H groups in total. The SMILES string of the molecule is O=C1OC(CCCNCc2ccnc3ccccc23)CN1C1=CCCC=C1. The van der Waals surface area contributed by atoms with Crippen LogP contribution in [0.2, 0.25) is 0 Å². The lowest BCUT2D eigenvalue weighted by Gasteiger charge is -2.16. The first-order valence-electron chi connectivity index (χ1n) is 9.69. The van der Waals surface area contributed by atoms with E-state index in [1.165, 1.54) is 10.9 Å². The van der Waals surface area contributed by atoms with Gasteiger partial charge in [-0.15, -0.1) is 0 Å². The normalized spacial score (nSPS) is 19.4. The van der Waals surface area contributed by atoms with Gasteiger partial charge in [-0.1, -0.05) is 30.4 Å². The van der Waals surface area contributed by atoms with Gasteiger partial charge in [-0.2, -0.15) is 0 Å². The van der Waals surface area contributed by atoms with E-state index in [4.69, 9.17) is 4.74 Å². The number of fused-ring (bicyclic) bond motifs is 1. The zero-order valence-corrected chi connectivity index (χ0v) is 15.4. The maximum Gasteiger partial charge on any atom is 0.414 e. The Morgan fingerprint density at radius 3 is 3.04 bits per heavy atom. The Balaban J connectivity index is 1.22. The number of para-hydroxylation sites is 1. The van der Waals surface area contributed by atoms with E-state index >= 15 is 0 Å². The molecule has 1 unspecified atom stereocenters. The van der Waals surface area contributed by atoms with Crippen LogP contribution in [0.3, 0.4) is 0 Å². The highest BCUT2D eigenvalue weighted by Gasteiger charge is 2.32. The smallest absolute Gasteiger partial charge is 0.414 e. The fourth-order valence-corrected chi connectivity index (χ4v) is 3.67. The molecular weight excluding hydrogens is 338 g/mol. The van der Waals surface area contributed by atoms with E-state index < -0.39 is 0 Å². The number of nitrogens with zero attached hydrogens (tertiary/aromatic N) is 2. The molecule has 1 saturated heterocycles. The molecule has 0 saturated carbocycles. The average molecular weight is 363 g/mol. The largest absolute Gasteiger partial charge is 0.444 e. The summed E-state index contributed by atoms with van der Waals surface area (Å²) in [5.74, 6) is 0. The van der Waals surface area contributed by atoms with E-state index in [1.54, 1.807) is 4.90 Å². The van der Waals surface area contributed by atoms with Gasteiger partial charge in [0.05, 0.1) is 12.1 Å². The van der Waals surface area contributed by atoms with E-state index in [2.05, 4.69) is 34.6 Å². The lowest BCUT2D eigenvalue weighted by molar-refractivity contribution is 0.130. The summed E-state index contributed by atoms with van der Waals surface area (Å²) < 4.78 is 5.53. The van der Waals surface area contributed by atoms with Crippen LogP contribution in [0.15, 0.2) is 60.5 Å². The summed E-state index contributed by atoms with van der Waals surface area (Å²) in [5, 5.41) is 4.70. The van der Waals surface area contributed by atoms with Crippen molar-refractivity contribution in [2.45, 2.75) is 38.3 Å². The molecular formula is C22H25N3O2. The number of rotatable bonds is 7. The molecule has 1 aromatic heterocycles. The first-order valence-corrected chi connectivity index (χ1v) is 9.69. The van der Waals surface area contributed by atoms with Crippen LogP contribution in [-0.4, -0.2) is 35.2 Å². The van der Waals surface area contributed by atoms with Crippen LogP contribution in [-0.2, 0) is 11.3 Å². The van der Waals surface area contributed by atoms with E-state index in [0.29, 0.717) is 6.54 Å². The number of amides is 1. The van der Waals surface area contributed by atoms with Crippen molar-refractivity contribution in [1.29, 1.82) is 0 Å². The summed E-state index contributed by atoms with van der Waals surface area (Å²) in [7, 11) is 0. The summed E-state index contributed by atoms with van der Waals surface area (Å²) in [5.41, 5.74) is 3.27. The number of carbonyl (C=O) groups excluding carboxylic acids is 1. The maximum atomic E-state index is 12.1. The number of aromatic nitrogens is 1. The molecule has 1 aliphatic heterocycles. The third-order valence-electron chi connectivity index (χ3n) is 5.10. The van der Waals surface area contributed by atoms with Crippen molar-refractivity contribution >= 4 is 17.0 Å². The molecule has 1 amide bonds. The third-order valence-corrected chi connectivity index (χ3v) is 5.10. The number of carbonyl (C=O) groups is 1. The molecule has 27 heavy (non-hydrogen) atoms. The number of nitrogens with one attached hydrogen (secondary N) is 1. The van der Waals surface area contributed by atoms with Crippen molar-refractivity contribution in [3.8, 4) is 0 Å². The van der Waals surface area contributed by atoms with Gasteiger partial charge >= 0.3 is 6.09 Å². The summed E-state index contributed by atoms with van der Waals surface area (Å²) in [4.78, 5) is 18.3. The molecule has 1 aliphatic carbocycles. The van der Waals surface area contributed by atoms with Crippen LogP contribution in [0, 0.1) is 0 Å².